The monoisotopic (exact) mass is 543 g/mol. The van der Waals surface area contributed by atoms with Crippen LogP contribution in [0.3, 0.4) is 0 Å². The molecule has 1 aliphatic heterocycles. The Morgan fingerprint density at radius 3 is 2.24 bits per heavy atom. The molecular weight excluding hydrogens is 514 g/mol. The van der Waals surface area contributed by atoms with Gasteiger partial charge in [0.05, 0.1) is 48.8 Å². The maximum Gasteiger partial charge on any atom is 0.323 e. The highest BCUT2D eigenvalue weighted by Crippen LogP contribution is 2.64. The minimum absolute atomic E-state index is 0.0502. The minimum atomic E-state index is -1.83. The van der Waals surface area contributed by atoms with Gasteiger partial charge in [-0.2, -0.15) is 0 Å². The molecule has 0 bridgehead atoms. The van der Waals surface area contributed by atoms with Gasteiger partial charge >= 0.3 is 17.9 Å². The number of esters is 3. The Bertz CT molecular complexity index is 1240. The summed E-state index contributed by atoms with van der Waals surface area (Å²) in [6, 6.07) is 13.6. The Morgan fingerprint density at radius 1 is 1.03 bits per heavy atom. The summed E-state index contributed by atoms with van der Waals surface area (Å²) in [6.07, 6.45) is -0.303. The second kappa shape index (κ2) is 10.5. The number of nitrogens with zero attached hydrogens (tertiary/aromatic N) is 1. The number of aryl methyl sites for hydroxylation is 2. The van der Waals surface area contributed by atoms with E-state index in [9.17, 15) is 14.4 Å². The molecule has 0 aromatic heterocycles. The number of ether oxygens (including phenoxy) is 3. The van der Waals surface area contributed by atoms with Gasteiger partial charge in [0.1, 0.15) is 0 Å². The maximum atomic E-state index is 13.5. The highest BCUT2D eigenvalue weighted by Gasteiger charge is 2.72. The van der Waals surface area contributed by atoms with E-state index < -0.39 is 40.0 Å². The van der Waals surface area contributed by atoms with E-state index in [1.165, 1.54) is 26.0 Å². The summed E-state index contributed by atoms with van der Waals surface area (Å²) in [4.78, 5) is 45.7. The average molecular weight is 544 g/mol. The van der Waals surface area contributed by atoms with Crippen molar-refractivity contribution in [2.24, 2.45) is 16.3 Å². The van der Waals surface area contributed by atoms with Gasteiger partial charge in [-0.25, -0.2) is 4.99 Å². The number of carbonyl (C=O) groups is 3. The lowest BCUT2D eigenvalue weighted by molar-refractivity contribution is -0.173. The number of thioether (sulfide) groups is 1. The molecule has 37 heavy (non-hydrogen) atoms. The van der Waals surface area contributed by atoms with E-state index in [0.29, 0.717) is 10.7 Å². The van der Waals surface area contributed by atoms with Crippen LogP contribution in [-0.4, -0.2) is 49.2 Å². The Balaban J connectivity index is 1.95. The summed E-state index contributed by atoms with van der Waals surface area (Å²) in [7, 11) is 2.43. The van der Waals surface area contributed by atoms with Gasteiger partial charge in [-0.3, -0.25) is 14.4 Å². The predicted octanol–water partition coefficient (Wildman–Crippen LogP) is 5.29. The third-order valence-corrected chi connectivity index (χ3v) is 9.58. The molecule has 9 heteroatoms. The second-order valence-corrected chi connectivity index (χ2v) is 10.8. The van der Waals surface area contributed by atoms with E-state index in [4.69, 9.17) is 30.8 Å². The second-order valence-electron chi connectivity index (χ2n) is 9.38. The van der Waals surface area contributed by atoms with Crippen LogP contribution in [0.1, 0.15) is 36.5 Å². The van der Waals surface area contributed by atoms with Crippen LogP contribution >= 0.6 is 23.4 Å². The van der Waals surface area contributed by atoms with E-state index in [1.807, 2.05) is 56.3 Å². The van der Waals surface area contributed by atoms with Crippen LogP contribution in [0.5, 0.6) is 0 Å². The average Bonchev–Trinajstić information content (AvgIpc) is 3.34. The lowest BCUT2D eigenvalue weighted by Gasteiger charge is -2.32. The lowest BCUT2D eigenvalue weighted by atomic mass is 9.74. The number of carbonyl (C=O) groups excluding carboxylic acids is 3. The van der Waals surface area contributed by atoms with Crippen molar-refractivity contribution < 1.29 is 28.6 Å². The largest absolute Gasteiger partial charge is 0.468 e. The van der Waals surface area contributed by atoms with Crippen LogP contribution in [0.2, 0.25) is 0 Å². The third-order valence-electron chi connectivity index (χ3n) is 7.40. The Morgan fingerprint density at radius 2 is 1.65 bits per heavy atom. The summed E-state index contributed by atoms with van der Waals surface area (Å²) in [6.45, 7) is 5.90. The molecule has 0 radical (unpaired) electrons. The minimum Gasteiger partial charge on any atom is -0.468 e. The van der Waals surface area contributed by atoms with Crippen molar-refractivity contribution >= 4 is 52.0 Å². The number of aliphatic imine (C=N–C) groups is 1. The zero-order valence-corrected chi connectivity index (χ0v) is 23.1. The van der Waals surface area contributed by atoms with Crippen LogP contribution < -0.4 is 0 Å². The molecule has 1 saturated carbocycles. The molecule has 3 atom stereocenters. The lowest BCUT2D eigenvalue weighted by Crippen LogP contribution is -2.46. The van der Waals surface area contributed by atoms with Crippen LogP contribution in [0.15, 0.2) is 52.4 Å². The van der Waals surface area contributed by atoms with Crippen LogP contribution in [0.25, 0.3) is 0 Å². The Hall–Kier alpha value is -2.84. The van der Waals surface area contributed by atoms with E-state index in [-0.39, 0.29) is 19.4 Å². The molecular formula is C28H30ClNO6S. The number of fused-ring (bicyclic) bond motifs is 2. The van der Waals surface area contributed by atoms with Gasteiger partial charge in [-0.1, -0.05) is 48.2 Å². The first-order chi connectivity index (χ1) is 17.7. The highest BCUT2D eigenvalue weighted by molar-refractivity contribution is 8.14. The number of benzene rings is 2. The number of methoxy groups -OCH3 is 2. The quantitative estimate of drug-likeness (QED) is 0.211. The zero-order valence-electron chi connectivity index (χ0n) is 21.5. The Kier molecular flexibility index (Phi) is 7.72. The smallest absolute Gasteiger partial charge is 0.323 e. The molecule has 196 valence electrons. The number of hydrogen-bond acceptors (Lipinski definition) is 8. The van der Waals surface area contributed by atoms with Crippen molar-refractivity contribution in [1.82, 2.24) is 0 Å². The van der Waals surface area contributed by atoms with Gasteiger partial charge in [0, 0.05) is 10.8 Å². The van der Waals surface area contributed by atoms with E-state index in [2.05, 4.69) is 0 Å². The van der Waals surface area contributed by atoms with Crippen LogP contribution in [0.4, 0.5) is 5.69 Å². The topological polar surface area (TPSA) is 91.3 Å². The van der Waals surface area contributed by atoms with E-state index in [0.717, 1.165) is 21.6 Å². The van der Waals surface area contributed by atoms with Crippen molar-refractivity contribution in [2.45, 2.75) is 49.3 Å². The van der Waals surface area contributed by atoms with E-state index >= 15 is 0 Å². The van der Waals surface area contributed by atoms with Gasteiger partial charge < -0.3 is 14.2 Å². The molecule has 1 heterocycles. The predicted molar refractivity (Wildman–Crippen MR) is 142 cm³/mol. The highest BCUT2D eigenvalue weighted by atomic mass is 35.5. The number of rotatable bonds is 6. The molecule has 1 aliphatic carbocycles. The molecule has 1 spiro atoms. The first-order valence-electron chi connectivity index (χ1n) is 12.1. The number of para-hydroxylation sites is 1. The Labute approximate surface area is 225 Å². The van der Waals surface area contributed by atoms with Gasteiger partial charge in [-0.15, -0.1) is 11.6 Å². The SMILES string of the molecule is CCOC(=O)C[C@H]1[C@H](Cl)[C@@]2(CC1(C(=O)OC)C(=O)OC)C(Sc1c(C)cccc1C)=Nc1ccccc12. The standard InChI is InChI=1S/C28H30ClNO6S/c1-6-36-21(31)14-19-23(29)27(15-28(19,25(32)34-4)26(33)35-5)18-12-7-8-13-20(18)30-24(27)37-22-16(2)10-9-11-17(22)3/h7-13,19,23H,6,14-15H2,1-5H3/t19-,23-,27-/m0/s1. The van der Waals surface area contributed by atoms with Crippen LogP contribution in [0, 0.1) is 25.2 Å². The molecule has 2 aliphatic rings. The van der Waals surface area contributed by atoms with Gasteiger partial charge in [0.25, 0.3) is 0 Å². The first-order valence-corrected chi connectivity index (χ1v) is 13.3. The van der Waals surface area contributed by atoms with Crippen LogP contribution in [-0.2, 0) is 34.0 Å². The molecule has 0 N–H and O–H groups in total. The molecule has 0 unspecified atom stereocenters. The van der Waals surface area contributed by atoms with Crippen molar-refractivity contribution in [1.29, 1.82) is 0 Å². The number of alkyl halides is 1. The molecule has 7 nitrogen and oxygen atoms in total. The molecule has 4 rings (SSSR count). The van der Waals surface area contributed by atoms with Crippen molar-refractivity contribution in [3.63, 3.8) is 0 Å². The molecule has 0 saturated heterocycles. The summed E-state index contributed by atoms with van der Waals surface area (Å²) < 4.78 is 15.5. The maximum absolute atomic E-state index is 13.5. The fourth-order valence-corrected chi connectivity index (χ4v) is 7.67. The fourth-order valence-electron chi connectivity index (χ4n) is 5.71. The van der Waals surface area contributed by atoms with Gasteiger partial charge in [0.2, 0.25) is 0 Å². The zero-order chi connectivity index (χ0) is 27.0. The summed E-state index contributed by atoms with van der Waals surface area (Å²) in [5.41, 5.74) is 0.769. The number of halogens is 1. The van der Waals surface area contributed by atoms with Gasteiger partial charge in [-0.05, 0) is 49.9 Å². The van der Waals surface area contributed by atoms with Crippen molar-refractivity contribution in [3.05, 3.63) is 59.2 Å². The number of hydrogen-bond donors (Lipinski definition) is 0. The van der Waals surface area contributed by atoms with Gasteiger partial charge in [0.15, 0.2) is 5.41 Å². The summed E-state index contributed by atoms with van der Waals surface area (Å²) >= 11 is 8.80. The van der Waals surface area contributed by atoms with Crippen molar-refractivity contribution in [2.75, 3.05) is 20.8 Å². The molecule has 2 aromatic carbocycles. The fraction of sp³-hybridized carbons (Fsp3) is 0.429. The molecule has 0 amide bonds. The first kappa shape index (κ1) is 27.2. The van der Waals surface area contributed by atoms with E-state index in [1.54, 1.807) is 6.92 Å². The normalized spacial score (nSPS) is 23.4. The molecule has 1 fully saturated rings. The summed E-state index contributed by atoms with van der Waals surface area (Å²) in [5, 5.41) is -0.205. The molecule has 2 aromatic rings. The third kappa shape index (κ3) is 4.24. The summed E-state index contributed by atoms with van der Waals surface area (Å²) in [5.74, 6) is -3.10. The van der Waals surface area contributed by atoms with Crippen molar-refractivity contribution in [3.8, 4) is 0 Å².